The number of carbonyl (C=O) groups is 1. The highest BCUT2D eigenvalue weighted by molar-refractivity contribution is 8.01. The summed E-state index contributed by atoms with van der Waals surface area (Å²) in [5, 5.41) is -0.0235. The van der Waals surface area contributed by atoms with Gasteiger partial charge in [0.25, 0.3) is 0 Å². The molecule has 2 aliphatic heterocycles. The summed E-state index contributed by atoms with van der Waals surface area (Å²) in [4.78, 5) is 15.8. The van der Waals surface area contributed by atoms with E-state index in [2.05, 4.69) is 12.1 Å². The van der Waals surface area contributed by atoms with Gasteiger partial charge in [-0.2, -0.15) is 0 Å². The van der Waals surface area contributed by atoms with E-state index >= 15 is 0 Å². The van der Waals surface area contributed by atoms with Gasteiger partial charge in [0.1, 0.15) is 13.2 Å². The zero-order valence-corrected chi connectivity index (χ0v) is 14.3. The molecular formula is C19H19NO3S. The summed E-state index contributed by atoms with van der Waals surface area (Å²) in [5.41, 5.74) is 2.32. The van der Waals surface area contributed by atoms with Gasteiger partial charge in [0.2, 0.25) is 5.91 Å². The van der Waals surface area contributed by atoms with Crippen LogP contribution in [0.4, 0.5) is 0 Å². The lowest BCUT2D eigenvalue weighted by Crippen LogP contribution is -2.34. The number of hydrogen-bond acceptors (Lipinski definition) is 4. The molecule has 2 heterocycles. The molecule has 1 unspecified atom stereocenters. The molecule has 24 heavy (non-hydrogen) atoms. The maximum absolute atomic E-state index is 12.8. The number of benzene rings is 2. The number of hydrogen-bond donors (Lipinski definition) is 0. The average Bonchev–Trinajstić information content (AvgIpc) is 3.05. The summed E-state index contributed by atoms with van der Waals surface area (Å²) in [6.45, 7) is 1.73. The van der Waals surface area contributed by atoms with Crippen molar-refractivity contribution in [1.82, 2.24) is 4.90 Å². The van der Waals surface area contributed by atoms with Crippen LogP contribution in [-0.2, 0) is 17.8 Å². The summed E-state index contributed by atoms with van der Waals surface area (Å²) >= 11 is 1.67. The van der Waals surface area contributed by atoms with Crippen LogP contribution >= 0.6 is 11.8 Å². The number of nitrogens with zero attached hydrogens (tertiary/aromatic N) is 1. The molecule has 0 fully saturated rings. The zero-order chi connectivity index (χ0) is 16.5. The SMILES string of the molecule is CN(Cc1ccc2c(c1)OCCO2)C(=O)C1Cc2ccccc2S1. The summed E-state index contributed by atoms with van der Waals surface area (Å²) in [6.07, 6.45) is 0.811. The van der Waals surface area contributed by atoms with Crippen LogP contribution in [0.5, 0.6) is 11.5 Å². The molecule has 0 radical (unpaired) electrons. The predicted molar refractivity (Wildman–Crippen MR) is 93.7 cm³/mol. The molecule has 0 bridgehead atoms. The highest BCUT2D eigenvalue weighted by atomic mass is 32.2. The molecule has 2 aromatic rings. The lowest BCUT2D eigenvalue weighted by molar-refractivity contribution is -0.129. The minimum Gasteiger partial charge on any atom is -0.486 e. The van der Waals surface area contributed by atoms with Crippen LogP contribution in [0.3, 0.4) is 0 Å². The summed E-state index contributed by atoms with van der Waals surface area (Å²) in [6, 6.07) is 14.1. The molecule has 2 aromatic carbocycles. The van der Waals surface area contributed by atoms with Gasteiger partial charge in [0, 0.05) is 18.5 Å². The van der Waals surface area contributed by atoms with Crippen molar-refractivity contribution >= 4 is 17.7 Å². The Morgan fingerprint density at radius 1 is 1.17 bits per heavy atom. The second-order valence-corrected chi connectivity index (χ2v) is 7.34. The Kier molecular flexibility index (Phi) is 4.10. The van der Waals surface area contributed by atoms with Crippen molar-refractivity contribution in [1.29, 1.82) is 0 Å². The monoisotopic (exact) mass is 341 g/mol. The number of carbonyl (C=O) groups excluding carboxylic acids is 1. The minimum atomic E-state index is -0.0235. The van der Waals surface area contributed by atoms with Gasteiger partial charge in [-0.05, 0) is 35.7 Å². The van der Waals surface area contributed by atoms with E-state index in [0.717, 1.165) is 23.5 Å². The van der Waals surface area contributed by atoms with Crippen LogP contribution in [0.25, 0.3) is 0 Å². The molecular weight excluding hydrogens is 322 g/mol. The molecule has 0 aliphatic carbocycles. The number of thioether (sulfide) groups is 1. The van der Waals surface area contributed by atoms with E-state index in [1.807, 2.05) is 37.4 Å². The van der Waals surface area contributed by atoms with Crippen molar-refractivity contribution in [3.63, 3.8) is 0 Å². The third-order valence-electron chi connectivity index (χ3n) is 4.33. The van der Waals surface area contributed by atoms with E-state index in [-0.39, 0.29) is 11.2 Å². The van der Waals surface area contributed by atoms with Crippen LogP contribution in [-0.4, -0.2) is 36.3 Å². The molecule has 0 spiro atoms. The first-order chi connectivity index (χ1) is 11.7. The third kappa shape index (κ3) is 2.96. The fraction of sp³-hybridized carbons (Fsp3) is 0.316. The average molecular weight is 341 g/mol. The second-order valence-electron chi connectivity index (χ2n) is 6.09. The van der Waals surface area contributed by atoms with Gasteiger partial charge in [-0.3, -0.25) is 4.79 Å². The van der Waals surface area contributed by atoms with Crippen molar-refractivity contribution in [3.05, 3.63) is 53.6 Å². The number of ether oxygens (including phenoxy) is 2. The highest BCUT2D eigenvalue weighted by Crippen LogP contribution is 2.37. The van der Waals surface area contributed by atoms with Gasteiger partial charge in [-0.15, -0.1) is 11.8 Å². The van der Waals surface area contributed by atoms with Gasteiger partial charge in [0.05, 0.1) is 5.25 Å². The van der Waals surface area contributed by atoms with Gasteiger partial charge >= 0.3 is 0 Å². The van der Waals surface area contributed by atoms with Crippen LogP contribution in [0.2, 0.25) is 0 Å². The van der Waals surface area contributed by atoms with Crippen molar-refractivity contribution in [2.75, 3.05) is 20.3 Å². The van der Waals surface area contributed by atoms with E-state index in [1.54, 1.807) is 16.7 Å². The summed E-state index contributed by atoms with van der Waals surface area (Å²) in [7, 11) is 1.86. The molecule has 0 N–H and O–H groups in total. The molecule has 5 heteroatoms. The summed E-state index contributed by atoms with van der Waals surface area (Å²) < 4.78 is 11.2. The van der Waals surface area contributed by atoms with Crippen LogP contribution in [0.15, 0.2) is 47.4 Å². The molecule has 0 saturated heterocycles. The zero-order valence-electron chi connectivity index (χ0n) is 13.5. The molecule has 4 rings (SSSR count). The first kappa shape index (κ1) is 15.4. The van der Waals surface area contributed by atoms with E-state index in [1.165, 1.54) is 10.5 Å². The van der Waals surface area contributed by atoms with Crippen LogP contribution in [0.1, 0.15) is 11.1 Å². The van der Waals surface area contributed by atoms with Crippen molar-refractivity contribution < 1.29 is 14.3 Å². The number of rotatable bonds is 3. The first-order valence-corrected chi connectivity index (χ1v) is 8.97. The molecule has 124 valence electrons. The molecule has 0 aromatic heterocycles. The molecule has 2 aliphatic rings. The Balaban J connectivity index is 1.43. The van der Waals surface area contributed by atoms with E-state index in [0.29, 0.717) is 19.8 Å². The van der Waals surface area contributed by atoms with Gasteiger partial charge in [0.15, 0.2) is 11.5 Å². The third-order valence-corrected chi connectivity index (χ3v) is 5.63. The molecule has 1 atom stereocenters. The standard InChI is InChI=1S/C19H19NO3S/c1-20(12-13-6-7-15-16(10-13)23-9-8-22-15)19(21)18-11-14-4-2-3-5-17(14)24-18/h2-7,10,18H,8-9,11-12H2,1H3. The van der Waals surface area contributed by atoms with Gasteiger partial charge in [-0.1, -0.05) is 24.3 Å². The molecule has 0 saturated carbocycles. The van der Waals surface area contributed by atoms with Crippen molar-refractivity contribution in [2.45, 2.75) is 23.1 Å². The number of amides is 1. The van der Waals surface area contributed by atoms with Crippen LogP contribution in [0, 0.1) is 0 Å². The molecule has 4 nitrogen and oxygen atoms in total. The highest BCUT2D eigenvalue weighted by Gasteiger charge is 2.30. The second kappa shape index (κ2) is 6.40. The fourth-order valence-electron chi connectivity index (χ4n) is 3.10. The Hall–Kier alpha value is -2.14. The van der Waals surface area contributed by atoms with Gasteiger partial charge in [-0.25, -0.2) is 0 Å². The quantitative estimate of drug-likeness (QED) is 0.860. The Bertz CT molecular complexity index is 752. The maximum Gasteiger partial charge on any atom is 0.236 e. The van der Waals surface area contributed by atoms with E-state index in [9.17, 15) is 4.79 Å². The Morgan fingerprint density at radius 3 is 2.79 bits per heavy atom. The fourth-order valence-corrected chi connectivity index (χ4v) is 4.41. The first-order valence-electron chi connectivity index (χ1n) is 8.09. The topological polar surface area (TPSA) is 38.8 Å². The molecule has 1 amide bonds. The smallest absolute Gasteiger partial charge is 0.236 e. The van der Waals surface area contributed by atoms with E-state index in [4.69, 9.17) is 9.47 Å². The van der Waals surface area contributed by atoms with Crippen molar-refractivity contribution in [2.24, 2.45) is 0 Å². The summed E-state index contributed by atoms with van der Waals surface area (Å²) in [5.74, 6) is 1.72. The largest absolute Gasteiger partial charge is 0.486 e. The van der Waals surface area contributed by atoms with E-state index < -0.39 is 0 Å². The minimum absolute atomic E-state index is 0.0235. The normalized spacial score (nSPS) is 18.1. The lowest BCUT2D eigenvalue weighted by Gasteiger charge is -2.22. The maximum atomic E-state index is 12.8. The predicted octanol–water partition coefficient (Wildman–Crippen LogP) is 3.13. The Labute approximate surface area is 145 Å². The van der Waals surface area contributed by atoms with Crippen molar-refractivity contribution in [3.8, 4) is 11.5 Å². The lowest BCUT2D eigenvalue weighted by atomic mass is 10.1. The van der Waals surface area contributed by atoms with Gasteiger partial charge < -0.3 is 14.4 Å². The van der Waals surface area contributed by atoms with Crippen LogP contribution < -0.4 is 9.47 Å². The number of fused-ring (bicyclic) bond motifs is 2. The Morgan fingerprint density at radius 2 is 1.96 bits per heavy atom.